The summed E-state index contributed by atoms with van der Waals surface area (Å²) >= 11 is -2.97. The second-order valence-corrected chi connectivity index (χ2v) is 4.74. The van der Waals surface area contributed by atoms with Gasteiger partial charge in [0, 0.05) is 0 Å². The molecule has 0 unspecified atom stereocenters. The predicted octanol–water partition coefficient (Wildman–Crippen LogP) is 2.56. The normalized spacial score (nSPS) is 9.50. The van der Waals surface area contributed by atoms with E-state index < -0.39 is 15.3 Å². The van der Waals surface area contributed by atoms with Crippen molar-refractivity contribution in [3.8, 4) is 11.5 Å². The Labute approximate surface area is 98.8 Å². The monoisotopic (exact) mass is 277 g/mol. The van der Waals surface area contributed by atoms with Crippen molar-refractivity contribution in [1.29, 1.82) is 0 Å². The second kappa shape index (κ2) is 5.47. The van der Waals surface area contributed by atoms with Gasteiger partial charge in [0.2, 0.25) is 0 Å². The molecular formula is C12H10AsO3. The van der Waals surface area contributed by atoms with Gasteiger partial charge in [-0.15, -0.1) is 0 Å². The minimum absolute atomic E-state index is 0.563. The zero-order valence-electron chi connectivity index (χ0n) is 8.45. The van der Waals surface area contributed by atoms with Crippen LogP contribution in [0.25, 0.3) is 0 Å². The first kappa shape index (κ1) is 10.9. The van der Waals surface area contributed by atoms with Crippen LogP contribution in [0.1, 0.15) is 0 Å². The molecule has 2 rings (SSSR count). The molecule has 3 nitrogen and oxygen atoms in total. The fourth-order valence-electron chi connectivity index (χ4n) is 1.15. The summed E-state index contributed by atoms with van der Waals surface area (Å²) < 4.78 is 21.9. The van der Waals surface area contributed by atoms with Crippen LogP contribution in [0, 0.1) is 0 Å². The van der Waals surface area contributed by atoms with Crippen LogP contribution in [0.5, 0.6) is 11.5 Å². The first-order chi connectivity index (χ1) is 7.84. The average Bonchev–Trinajstić information content (AvgIpc) is 2.31. The fourth-order valence-corrected chi connectivity index (χ4v) is 2.46. The Bertz CT molecular complexity index is 413. The molecule has 0 saturated carbocycles. The SMILES string of the molecule is O=[As](Oc1ccccc1)Oc1ccccc1. The van der Waals surface area contributed by atoms with E-state index in [9.17, 15) is 3.74 Å². The Morgan fingerprint density at radius 2 is 1.06 bits per heavy atom. The van der Waals surface area contributed by atoms with Crippen LogP contribution >= 0.6 is 0 Å². The number of hydrogen-bond donors (Lipinski definition) is 0. The van der Waals surface area contributed by atoms with Gasteiger partial charge < -0.3 is 0 Å². The third-order valence-electron chi connectivity index (χ3n) is 1.85. The molecule has 0 aliphatic carbocycles. The molecule has 0 aromatic heterocycles. The van der Waals surface area contributed by atoms with E-state index in [1.807, 2.05) is 36.4 Å². The summed E-state index contributed by atoms with van der Waals surface area (Å²) in [6.07, 6.45) is 0. The van der Waals surface area contributed by atoms with Crippen molar-refractivity contribution in [3.63, 3.8) is 0 Å². The van der Waals surface area contributed by atoms with Gasteiger partial charge in [0.1, 0.15) is 0 Å². The standard InChI is InChI=1S/C12H10AsO3/c14-13(15-11-7-3-1-4-8-11)16-12-9-5-2-6-10-12/h1-10H. The zero-order valence-corrected chi connectivity index (χ0v) is 10.3. The number of hydrogen-bond acceptors (Lipinski definition) is 3. The van der Waals surface area contributed by atoms with Crippen molar-refractivity contribution >= 4 is 15.3 Å². The summed E-state index contributed by atoms with van der Waals surface area (Å²) in [4.78, 5) is 0. The van der Waals surface area contributed by atoms with E-state index in [0.717, 1.165) is 0 Å². The molecule has 81 valence electrons. The summed E-state index contributed by atoms with van der Waals surface area (Å²) in [7, 11) is 0. The van der Waals surface area contributed by atoms with Gasteiger partial charge in [-0.25, -0.2) is 0 Å². The number of para-hydroxylation sites is 2. The Hall–Kier alpha value is -1.60. The molecule has 0 heterocycles. The zero-order chi connectivity index (χ0) is 11.2. The Balaban J connectivity index is 1.95. The summed E-state index contributed by atoms with van der Waals surface area (Å²) in [6, 6.07) is 18.0. The van der Waals surface area contributed by atoms with Crippen molar-refractivity contribution in [2.75, 3.05) is 0 Å². The molecule has 0 amide bonds. The molecule has 0 atom stereocenters. The van der Waals surface area contributed by atoms with Gasteiger partial charge in [-0.2, -0.15) is 0 Å². The summed E-state index contributed by atoms with van der Waals surface area (Å²) in [5.41, 5.74) is 0. The molecule has 2 aromatic rings. The molecule has 4 heteroatoms. The minimum atomic E-state index is -2.97. The molecule has 2 aromatic carbocycles. The van der Waals surface area contributed by atoms with Crippen molar-refractivity contribution in [1.82, 2.24) is 0 Å². The van der Waals surface area contributed by atoms with Gasteiger partial charge >= 0.3 is 98.6 Å². The van der Waals surface area contributed by atoms with Crippen molar-refractivity contribution < 1.29 is 11.2 Å². The van der Waals surface area contributed by atoms with Crippen LogP contribution in [-0.2, 0) is 3.74 Å². The van der Waals surface area contributed by atoms with E-state index in [-0.39, 0.29) is 0 Å². The van der Waals surface area contributed by atoms with Gasteiger partial charge in [0.15, 0.2) is 0 Å². The average molecular weight is 277 g/mol. The topological polar surface area (TPSA) is 35.5 Å². The van der Waals surface area contributed by atoms with Crippen LogP contribution in [0.4, 0.5) is 0 Å². The van der Waals surface area contributed by atoms with E-state index in [2.05, 4.69) is 0 Å². The molecule has 1 radical (unpaired) electrons. The third-order valence-corrected chi connectivity index (χ3v) is 3.36. The van der Waals surface area contributed by atoms with E-state index >= 15 is 0 Å². The summed E-state index contributed by atoms with van der Waals surface area (Å²) in [5.74, 6) is 1.13. The van der Waals surface area contributed by atoms with Crippen LogP contribution in [-0.4, -0.2) is 15.3 Å². The molecule has 0 aliphatic heterocycles. The molecule has 0 bridgehead atoms. The quantitative estimate of drug-likeness (QED) is 0.806. The molecule has 16 heavy (non-hydrogen) atoms. The number of benzene rings is 2. The second-order valence-electron chi connectivity index (χ2n) is 3.03. The van der Waals surface area contributed by atoms with Gasteiger partial charge in [-0.05, 0) is 0 Å². The van der Waals surface area contributed by atoms with Crippen molar-refractivity contribution in [3.05, 3.63) is 60.7 Å². The Morgan fingerprint density at radius 1 is 0.688 bits per heavy atom. The van der Waals surface area contributed by atoms with Gasteiger partial charge in [-0.3, -0.25) is 0 Å². The maximum atomic E-state index is 11.6. The Morgan fingerprint density at radius 3 is 1.44 bits per heavy atom. The van der Waals surface area contributed by atoms with E-state index in [1.165, 1.54) is 0 Å². The predicted molar refractivity (Wildman–Crippen MR) is 60.6 cm³/mol. The van der Waals surface area contributed by atoms with Gasteiger partial charge in [0.05, 0.1) is 0 Å². The maximum absolute atomic E-state index is 11.6. The van der Waals surface area contributed by atoms with Crippen molar-refractivity contribution in [2.45, 2.75) is 0 Å². The molecule has 0 aliphatic rings. The van der Waals surface area contributed by atoms with Crippen LogP contribution < -0.4 is 7.45 Å². The molecular weight excluding hydrogens is 267 g/mol. The summed E-state index contributed by atoms with van der Waals surface area (Å²) in [5, 5.41) is 0. The van der Waals surface area contributed by atoms with Crippen molar-refractivity contribution in [2.24, 2.45) is 0 Å². The van der Waals surface area contributed by atoms with E-state index in [4.69, 9.17) is 7.45 Å². The van der Waals surface area contributed by atoms with E-state index in [1.54, 1.807) is 24.3 Å². The van der Waals surface area contributed by atoms with Gasteiger partial charge in [0.25, 0.3) is 0 Å². The molecule has 0 spiro atoms. The molecule has 0 saturated heterocycles. The molecule has 0 fully saturated rings. The van der Waals surface area contributed by atoms with Crippen LogP contribution in [0.2, 0.25) is 0 Å². The first-order valence-corrected chi connectivity index (χ1v) is 7.08. The first-order valence-electron chi connectivity index (χ1n) is 4.78. The Kier molecular flexibility index (Phi) is 3.73. The molecule has 0 N–H and O–H groups in total. The van der Waals surface area contributed by atoms with Crippen LogP contribution in [0.3, 0.4) is 0 Å². The van der Waals surface area contributed by atoms with Crippen LogP contribution in [0.15, 0.2) is 60.7 Å². The summed E-state index contributed by atoms with van der Waals surface area (Å²) in [6.45, 7) is 0. The van der Waals surface area contributed by atoms with Gasteiger partial charge in [-0.1, -0.05) is 0 Å². The number of rotatable bonds is 4. The van der Waals surface area contributed by atoms with E-state index in [0.29, 0.717) is 11.5 Å². The third kappa shape index (κ3) is 3.21. The fraction of sp³-hybridized carbons (Fsp3) is 0.